The van der Waals surface area contributed by atoms with Crippen LogP contribution in [-0.2, 0) is 0 Å². The monoisotopic (exact) mass is 329 g/mol. The van der Waals surface area contributed by atoms with Gasteiger partial charge < -0.3 is 16.0 Å². The summed E-state index contributed by atoms with van der Waals surface area (Å²) < 4.78 is 0. The lowest BCUT2D eigenvalue weighted by molar-refractivity contribution is 0.244. The van der Waals surface area contributed by atoms with E-state index in [1.165, 1.54) is 57.8 Å². The summed E-state index contributed by atoms with van der Waals surface area (Å²) in [5, 5.41) is 9.68. The molecule has 132 valence electrons. The predicted octanol–water partition coefficient (Wildman–Crippen LogP) is 5.28. The molecule has 0 heterocycles. The largest absolute Gasteiger partial charge is 0.382 e. The summed E-state index contributed by atoms with van der Waals surface area (Å²) in [5.41, 5.74) is 2.01. The zero-order valence-corrected chi connectivity index (χ0v) is 14.7. The highest BCUT2D eigenvalue weighted by Crippen LogP contribution is 2.22. The highest BCUT2D eigenvalue weighted by molar-refractivity contribution is 5.89. The molecule has 2 aliphatic rings. The van der Waals surface area contributed by atoms with Crippen LogP contribution in [0.5, 0.6) is 0 Å². The van der Waals surface area contributed by atoms with Crippen LogP contribution in [0.25, 0.3) is 0 Å². The van der Waals surface area contributed by atoms with Crippen LogP contribution in [0.3, 0.4) is 0 Å². The van der Waals surface area contributed by atoms with E-state index in [2.05, 4.69) is 28.1 Å². The van der Waals surface area contributed by atoms with E-state index in [0.717, 1.165) is 24.2 Å². The average molecular weight is 329 g/mol. The molecule has 1 aromatic carbocycles. The third-order valence-corrected chi connectivity index (χ3v) is 5.31. The molecule has 0 radical (unpaired) electrons. The molecule has 2 saturated carbocycles. The minimum atomic E-state index is -0.0774. The first-order valence-electron chi connectivity index (χ1n) is 9.74. The molecule has 2 aliphatic carbocycles. The van der Waals surface area contributed by atoms with Crippen molar-refractivity contribution in [2.45, 2.75) is 82.7 Å². The Bertz CT molecular complexity index is 500. The van der Waals surface area contributed by atoms with Crippen molar-refractivity contribution in [3.63, 3.8) is 0 Å². The normalized spacial score (nSPS) is 20.2. The van der Waals surface area contributed by atoms with Gasteiger partial charge in [0.25, 0.3) is 0 Å². The van der Waals surface area contributed by atoms with E-state index in [9.17, 15) is 4.79 Å². The van der Waals surface area contributed by atoms with E-state index >= 15 is 0 Å². The van der Waals surface area contributed by atoms with Gasteiger partial charge in [0.2, 0.25) is 0 Å². The lowest BCUT2D eigenvalue weighted by atomic mass is 9.96. The fourth-order valence-corrected chi connectivity index (χ4v) is 3.91. The zero-order valence-electron chi connectivity index (χ0n) is 14.7. The lowest BCUT2D eigenvalue weighted by Gasteiger charge is -2.23. The minimum absolute atomic E-state index is 0.0774. The molecule has 1 aromatic rings. The molecule has 0 bridgehead atoms. The van der Waals surface area contributed by atoms with Crippen LogP contribution in [0.2, 0.25) is 0 Å². The van der Waals surface area contributed by atoms with E-state index in [4.69, 9.17) is 0 Å². The van der Waals surface area contributed by atoms with Gasteiger partial charge in [-0.3, -0.25) is 0 Å². The molecule has 0 unspecified atom stereocenters. The van der Waals surface area contributed by atoms with Gasteiger partial charge in [-0.15, -0.1) is 0 Å². The molecular weight excluding hydrogens is 298 g/mol. The van der Waals surface area contributed by atoms with Crippen molar-refractivity contribution in [2.24, 2.45) is 0 Å². The Labute approximate surface area is 145 Å². The number of benzene rings is 1. The second-order valence-corrected chi connectivity index (χ2v) is 7.34. The number of amides is 2. The van der Waals surface area contributed by atoms with Crippen LogP contribution in [0.1, 0.15) is 70.6 Å². The fourth-order valence-electron chi connectivity index (χ4n) is 3.91. The summed E-state index contributed by atoms with van der Waals surface area (Å²) in [6, 6.07) is 8.98. The summed E-state index contributed by atoms with van der Waals surface area (Å²) in [4.78, 5) is 12.1. The van der Waals surface area contributed by atoms with Crippen molar-refractivity contribution in [2.75, 3.05) is 10.6 Å². The van der Waals surface area contributed by atoms with Gasteiger partial charge in [-0.1, -0.05) is 44.9 Å². The topological polar surface area (TPSA) is 53.2 Å². The predicted molar refractivity (Wildman–Crippen MR) is 101 cm³/mol. The van der Waals surface area contributed by atoms with Crippen molar-refractivity contribution < 1.29 is 4.79 Å². The highest BCUT2D eigenvalue weighted by Gasteiger charge is 2.15. The second-order valence-electron chi connectivity index (χ2n) is 7.34. The molecular formula is C20H31N3O. The number of urea groups is 1. The Morgan fingerprint density at radius 1 is 0.708 bits per heavy atom. The van der Waals surface area contributed by atoms with Gasteiger partial charge in [0.1, 0.15) is 0 Å². The highest BCUT2D eigenvalue weighted by atomic mass is 16.2. The first kappa shape index (κ1) is 17.1. The molecule has 3 rings (SSSR count). The summed E-state index contributed by atoms with van der Waals surface area (Å²) >= 11 is 0. The number of carbonyl (C=O) groups excluding carboxylic acids is 1. The fraction of sp³-hybridized carbons (Fsp3) is 0.650. The number of hydrogen-bond acceptors (Lipinski definition) is 2. The molecule has 3 N–H and O–H groups in total. The van der Waals surface area contributed by atoms with E-state index in [1.807, 2.05) is 12.1 Å². The first-order valence-corrected chi connectivity index (χ1v) is 9.74. The quantitative estimate of drug-likeness (QED) is 0.659. The maximum absolute atomic E-state index is 12.1. The van der Waals surface area contributed by atoms with E-state index in [0.29, 0.717) is 12.1 Å². The van der Waals surface area contributed by atoms with Crippen LogP contribution >= 0.6 is 0 Å². The van der Waals surface area contributed by atoms with Crippen molar-refractivity contribution in [3.05, 3.63) is 24.3 Å². The van der Waals surface area contributed by atoms with Gasteiger partial charge in [0.15, 0.2) is 0 Å². The van der Waals surface area contributed by atoms with Gasteiger partial charge in [0, 0.05) is 23.5 Å². The SMILES string of the molecule is O=C(Nc1ccc(NC2CCCCCC2)cc1)NC1CCCCC1. The number of anilines is 2. The van der Waals surface area contributed by atoms with Crippen LogP contribution in [0.4, 0.5) is 16.2 Å². The third kappa shape index (κ3) is 5.43. The molecule has 4 heteroatoms. The first-order chi connectivity index (χ1) is 11.8. The average Bonchev–Trinajstić information content (AvgIpc) is 2.86. The molecule has 24 heavy (non-hydrogen) atoms. The Kier molecular flexibility index (Phi) is 6.39. The maximum atomic E-state index is 12.1. The third-order valence-electron chi connectivity index (χ3n) is 5.31. The minimum Gasteiger partial charge on any atom is -0.382 e. The standard InChI is InChI=1S/C20H31N3O/c24-20(22-17-10-6-3-7-11-17)23-19-14-12-18(13-15-19)21-16-8-4-1-2-5-9-16/h12-17,21H,1-11H2,(H2,22,23,24). The molecule has 0 spiro atoms. The lowest BCUT2D eigenvalue weighted by Crippen LogP contribution is -2.38. The Morgan fingerprint density at radius 2 is 1.21 bits per heavy atom. The maximum Gasteiger partial charge on any atom is 0.319 e. The number of rotatable bonds is 4. The Morgan fingerprint density at radius 3 is 1.83 bits per heavy atom. The Hall–Kier alpha value is -1.71. The molecule has 4 nitrogen and oxygen atoms in total. The van der Waals surface area contributed by atoms with Crippen LogP contribution in [0, 0.1) is 0 Å². The Balaban J connectivity index is 1.45. The summed E-state index contributed by atoms with van der Waals surface area (Å²) in [6.07, 6.45) is 13.9. The van der Waals surface area contributed by atoms with E-state index in [1.54, 1.807) is 0 Å². The molecule has 2 amide bonds. The van der Waals surface area contributed by atoms with Crippen molar-refractivity contribution in [3.8, 4) is 0 Å². The number of hydrogen-bond donors (Lipinski definition) is 3. The van der Waals surface area contributed by atoms with Crippen molar-refractivity contribution >= 4 is 17.4 Å². The summed E-state index contributed by atoms with van der Waals surface area (Å²) in [6.45, 7) is 0. The van der Waals surface area contributed by atoms with Crippen LogP contribution in [-0.4, -0.2) is 18.1 Å². The number of nitrogens with one attached hydrogen (secondary N) is 3. The van der Waals surface area contributed by atoms with E-state index in [-0.39, 0.29) is 6.03 Å². The van der Waals surface area contributed by atoms with Gasteiger partial charge >= 0.3 is 6.03 Å². The molecule has 0 saturated heterocycles. The zero-order chi connectivity index (χ0) is 16.6. The smallest absolute Gasteiger partial charge is 0.319 e. The van der Waals surface area contributed by atoms with Crippen LogP contribution in [0.15, 0.2) is 24.3 Å². The summed E-state index contributed by atoms with van der Waals surface area (Å²) in [7, 11) is 0. The number of carbonyl (C=O) groups is 1. The molecule has 2 fully saturated rings. The van der Waals surface area contributed by atoms with Gasteiger partial charge in [-0.2, -0.15) is 0 Å². The van der Waals surface area contributed by atoms with Gasteiger partial charge in [-0.25, -0.2) is 4.79 Å². The molecule has 0 aromatic heterocycles. The molecule has 0 aliphatic heterocycles. The van der Waals surface area contributed by atoms with Crippen molar-refractivity contribution in [1.29, 1.82) is 0 Å². The second kappa shape index (κ2) is 8.95. The molecule has 0 atom stereocenters. The van der Waals surface area contributed by atoms with E-state index < -0.39 is 0 Å². The van der Waals surface area contributed by atoms with Crippen molar-refractivity contribution in [1.82, 2.24) is 5.32 Å². The van der Waals surface area contributed by atoms with Gasteiger partial charge in [-0.05, 0) is 49.9 Å². The van der Waals surface area contributed by atoms with Crippen LogP contribution < -0.4 is 16.0 Å². The summed E-state index contributed by atoms with van der Waals surface area (Å²) in [5.74, 6) is 0. The van der Waals surface area contributed by atoms with Gasteiger partial charge in [0.05, 0.1) is 0 Å².